The zero-order valence-electron chi connectivity index (χ0n) is 13.0. The van der Waals surface area contributed by atoms with Gasteiger partial charge in [0, 0.05) is 30.7 Å². The summed E-state index contributed by atoms with van der Waals surface area (Å²) >= 11 is 0. The Morgan fingerprint density at radius 1 is 1.29 bits per heavy atom. The summed E-state index contributed by atoms with van der Waals surface area (Å²) in [5.41, 5.74) is 3.85. The minimum absolute atomic E-state index is 0.416. The van der Waals surface area contributed by atoms with Crippen LogP contribution >= 0.6 is 0 Å². The second-order valence-electron chi connectivity index (χ2n) is 5.32. The van der Waals surface area contributed by atoms with E-state index in [2.05, 4.69) is 35.2 Å². The van der Waals surface area contributed by atoms with Crippen molar-refractivity contribution in [3.8, 4) is 5.88 Å². The third kappa shape index (κ3) is 4.83. The molecule has 2 aromatic rings. The number of rotatable bonds is 7. The van der Waals surface area contributed by atoms with E-state index in [0.717, 1.165) is 19.4 Å². The van der Waals surface area contributed by atoms with E-state index >= 15 is 0 Å². The molecule has 1 unspecified atom stereocenters. The molecule has 0 saturated heterocycles. The highest BCUT2D eigenvalue weighted by atomic mass is 16.5. The first-order valence-electron chi connectivity index (χ1n) is 7.31. The van der Waals surface area contributed by atoms with Crippen molar-refractivity contribution in [1.29, 1.82) is 0 Å². The molecular formula is C17H23N3O. The van der Waals surface area contributed by atoms with Crippen LogP contribution in [-0.2, 0) is 12.8 Å². The number of aryl methyl sites for hydroxylation is 1. The topological polar surface area (TPSA) is 47.0 Å². The normalized spacial score (nSPS) is 12.1. The first-order valence-corrected chi connectivity index (χ1v) is 7.31. The molecule has 1 atom stereocenters. The zero-order valence-corrected chi connectivity index (χ0v) is 13.0. The van der Waals surface area contributed by atoms with E-state index in [1.165, 1.54) is 16.7 Å². The van der Waals surface area contributed by atoms with Gasteiger partial charge in [0.05, 0.1) is 7.11 Å². The van der Waals surface area contributed by atoms with E-state index in [9.17, 15) is 0 Å². The molecule has 0 bridgehead atoms. The van der Waals surface area contributed by atoms with Crippen molar-refractivity contribution >= 4 is 0 Å². The molecule has 0 amide bonds. The van der Waals surface area contributed by atoms with Crippen LogP contribution in [0.5, 0.6) is 5.88 Å². The van der Waals surface area contributed by atoms with Gasteiger partial charge >= 0.3 is 0 Å². The van der Waals surface area contributed by atoms with Crippen molar-refractivity contribution < 1.29 is 4.74 Å². The lowest BCUT2D eigenvalue weighted by atomic mass is 10.1. The van der Waals surface area contributed by atoms with Crippen LogP contribution in [0.4, 0.5) is 0 Å². The van der Waals surface area contributed by atoms with Gasteiger partial charge in [0.15, 0.2) is 0 Å². The number of aromatic nitrogens is 2. The highest BCUT2D eigenvalue weighted by molar-refractivity contribution is 5.22. The van der Waals surface area contributed by atoms with Crippen molar-refractivity contribution in [1.82, 2.24) is 15.3 Å². The fourth-order valence-corrected chi connectivity index (χ4v) is 2.35. The molecule has 0 fully saturated rings. The maximum atomic E-state index is 5.15. The van der Waals surface area contributed by atoms with Gasteiger partial charge in [-0.25, -0.2) is 4.98 Å². The Morgan fingerprint density at radius 3 is 2.90 bits per heavy atom. The number of methoxy groups -OCH3 is 1. The molecule has 112 valence electrons. The average molecular weight is 285 g/mol. The fraction of sp³-hybridized carbons (Fsp3) is 0.412. The highest BCUT2D eigenvalue weighted by Crippen LogP contribution is 2.11. The summed E-state index contributed by atoms with van der Waals surface area (Å²) in [6, 6.07) is 6.54. The van der Waals surface area contributed by atoms with Crippen LogP contribution in [0.25, 0.3) is 0 Å². The molecule has 2 aromatic heterocycles. The van der Waals surface area contributed by atoms with Crippen LogP contribution in [-0.4, -0.2) is 29.7 Å². The van der Waals surface area contributed by atoms with E-state index in [0.29, 0.717) is 11.9 Å². The van der Waals surface area contributed by atoms with Gasteiger partial charge in [-0.05, 0) is 62.1 Å². The minimum Gasteiger partial charge on any atom is -0.481 e. The number of hydrogen-bond donors (Lipinski definition) is 1. The van der Waals surface area contributed by atoms with E-state index < -0.39 is 0 Å². The molecule has 21 heavy (non-hydrogen) atoms. The van der Waals surface area contributed by atoms with Gasteiger partial charge in [-0.2, -0.15) is 0 Å². The molecule has 0 aromatic carbocycles. The van der Waals surface area contributed by atoms with Crippen LogP contribution in [0.1, 0.15) is 23.6 Å². The fourth-order valence-electron chi connectivity index (χ4n) is 2.35. The standard InChI is InChI=1S/C17H23N3O/c1-13-12-18-7-5-16(13)6-9-19-14(2)10-15-4-8-20-17(11-15)21-3/h4-5,7-8,11-12,14,19H,6,9-10H2,1-3H3. The molecule has 2 rings (SSSR count). The third-order valence-corrected chi connectivity index (χ3v) is 3.57. The Kier molecular flexibility index (Phi) is 5.69. The first-order chi connectivity index (χ1) is 10.2. The lowest BCUT2D eigenvalue weighted by Crippen LogP contribution is -2.30. The summed E-state index contributed by atoms with van der Waals surface area (Å²) in [5.74, 6) is 0.673. The summed E-state index contributed by atoms with van der Waals surface area (Å²) in [7, 11) is 1.64. The van der Waals surface area contributed by atoms with Crippen molar-refractivity contribution in [2.24, 2.45) is 0 Å². The van der Waals surface area contributed by atoms with Crippen LogP contribution in [0.3, 0.4) is 0 Å². The smallest absolute Gasteiger partial charge is 0.213 e. The quantitative estimate of drug-likeness (QED) is 0.849. The highest BCUT2D eigenvalue weighted by Gasteiger charge is 2.05. The average Bonchev–Trinajstić information content (AvgIpc) is 2.49. The predicted octanol–water partition coefficient (Wildman–Crippen LogP) is 2.56. The van der Waals surface area contributed by atoms with Gasteiger partial charge < -0.3 is 10.1 Å². The molecule has 1 N–H and O–H groups in total. The van der Waals surface area contributed by atoms with Crippen LogP contribution in [0, 0.1) is 6.92 Å². The van der Waals surface area contributed by atoms with Gasteiger partial charge in [-0.15, -0.1) is 0 Å². The summed E-state index contributed by atoms with van der Waals surface area (Å²) in [4.78, 5) is 8.25. The number of hydrogen-bond acceptors (Lipinski definition) is 4. The summed E-state index contributed by atoms with van der Waals surface area (Å²) in [6.45, 7) is 5.27. The maximum absolute atomic E-state index is 5.15. The van der Waals surface area contributed by atoms with Crippen LogP contribution < -0.4 is 10.1 Å². The summed E-state index contributed by atoms with van der Waals surface area (Å²) in [5, 5.41) is 3.56. The first kappa shape index (κ1) is 15.4. The molecule has 4 nitrogen and oxygen atoms in total. The Bertz CT molecular complexity index is 571. The Hall–Kier alpha value is -1.94. The maximum Gasteiger partial charge on any atom is 0.213 e. The van der Waals surface area contributed by atoms with Gasteiger partial charge in [0.1, 0.15) is 0 Å². The van der Waals surface area contributed by atoms with E-state index in [4.69, 9.17) is 4.74 Å². The Balaban J connectivity index is 1.79. The van der Waals surface area contributed by atoms with Gasteiger partial charge in [-0.3, -0.25) is 4.98 Å². The molecule has 0 aliphatic heterocycles. The van der Waals surface area contributed by atoms with Crippen LogP contribution in [0.2, 0.25) is 0 Å². The van der Waals surface area contributed by atoms with Crippen molar-refractivity contribution in [3.05, 3.63) is 53.5 Å². The Labute approximate surface area is 126 Å². The zero-order chi connectivity index (χ0) is 15.1. The summed E-state index contributed by atoms with van der Waals surface area (Å²) < 4.78 is 5.15. The lowest BCUT2D eigenvalue weighted by molar-refractivity contribution is 0.397. The number of nitrogens with zero attached hydrogens (tertiary/aromatic N) is 2. The van der Waals surface area contributed by atoms with E-state index in [-0.39, 0.29) is 0 Å². The number of ether oxygens (including phenoxy) is 1. The molecule has 0 radical (unpaired) electrons. The van der Waals surface area contributed by atoms with Crippen LogP contribution in [0.15, 0.2) is 36.8 Å². The minimum atomic E-state index is 0.416. The van der Waals surface area contributed by atoms with Crippen molar-refractivity contribution in [2.75, 3.05) is 13.7 Å². The second kappa shape index (κ2) is 7.74. The van der Waals surface area contributed by atoms with E-state index in [1.54, 1.807) is 13.3 Å². The third-order valence-electron chi connectivity index (χ3n) is 3.57. The second-order valence-corrected chi connectivity index (χ2v) is 5.32. The molecule has 0 aliphatic carbocycles. The van der Waals surface area contributed by atoms with Crippen molar-refractivity contribution in [2.45, 2.75) is 32.7 Å². The van der Waals surface area contributed by atoms with Gasteiger partial charge in [0.2, 0.25) is 5.88 Å². The molecular weight excluding hydrogens is 262 g/mol. The monoisotopic (exact) mass is 285 g/mol. The largest absolute Gasteiger partial charge is 0.481 e. The summed E-state index contributed by atoms with van der Waals surface area (Å²) in [6.07, 6.45) is 7.56. The molecule has 0 saturated carbocycles. The van der Waals surface area contributed by atoms with Crippen molar-refractivity contribution in [3.63, 3.8) is 0 Å². The molecule has 0 aliphatic rings. The number of pyridine rings is 2. The lowest BCUT2D eigenvalue weighted by Gasteiger charge is -2.14. The molecule has 4 heteroatoms. The van der Waals surface area contributed by atoms with E-state index in [1.807, 2.05) is 24.5 Å². The number of nitrogens with one attached hydrogen (secondary N) is 1. The SMILES string of the molecule is COc1cc(CC(C)NCCc2ccncc2C)ccn1. The predicted molar refractivity (Wildman–Crippen MR) is 84.6 cm³/mol. The van der Waals surface area contributed by atoms with Gasteiger partial charge in [-0.1, -0.05) is 0 Å². The molecule has 2 heterocycles. The Morgan fingerprint density at radius 2 is 2.14 bits per heavy atom. The molecule has 0 spiro atoms. The van der Waals surface area contributed by atoms with Gasteiger partial charge in [0.25, 0.3) is 0 Å².